The smallest absolute Gasteiger partial charge is 0.141 e. The van der Waals surface area contributed by atoms with E-state index in [1.54, 1.807) is 6.07 Å². The third kappa shape index (κ3) is 3.16. The van der Waals surface area contributed by atoms with E-state index in [0.29, 0.717) is 5.92 Å². The summed E-state index contributed by atoms with van der Waals surface area (Å²) in [6, 6.07) is 3.25. The molecule has 0 unspecified atom stereocenters. The molecule has 0 N–H and O–H groups in total. The number of anilines is 1. The van der Waals surface area contributed by atoms with E-state index < -0.39 is 0 Å². The Labute approximate surface area is 102 Å². The zero-order valence-corrected chi connectivity index (χ0v) is 10.6. The summed E-state index contributed by atoms with van der Waals surface area (Å²) in [5, 5.41) is 0. The van der Waals surface area contributed by atoms with Crippen LogP contribution in [0.1, 0.15) is 13.3 Å². The van der Waals surface area contributed by atoms with Crippen molar-refractivity contribution in [3.63, 3.8) is 0 Å². The Morgan fingerprint density at radius 1 is 1.53 bits per heavy atom. The fraction of sp³-hybridized carbons (Fsp3) is 0.615. The van der Waals surface area contributed by atoms with Gasteiger partial charge < -0.3 is 9.80 Å². The minimum absolute atomic E-state index is 0.268. The molecule has 0 aromatic carbocycles. The minimum Gasteiger partial charge on any atom is -0.356 e. The zero-order chi connectivity index (χ0) is 12.3. The highest BCUT2D eigenvalue weighted by atomic mass is 19.1. The maximum absolute atomic E-state index is 12.8. The molecule has 1 aliphatic heterocycles. The van der Waals surface area contributed by atoms with Gasteiger partial charge in [0.05, 0.1) is 6.20 Å². The zero-order valence-electron chi connectivity index (χ0n) is 10.6. The molecule has 1 aromatic heterocycles. The van der Waals surface area contributed by atoms with Crippen LogP contribution in [0.15, 0.2) is 18.3 Å². The first-order valence-corrected chi connectivity index (χ1v) is 6.24. The summed E-state index contributed by atoms with van der Waals surface area (Å²) in [5.74, 6) is 1.33. The standard InChI is InChI=1S/C13H20FN3/c1-3-16(2)9-11-6-7-17(10-11)13-5-4-12(14)8-15-13/h4-5,8,11H,3,6-7,9-10H2,1-2H3/t11-/m0/s1. The van der Waals surface area contributed by atoms with Crippen molar-refractivity contribution >= 4 is 5.82 Å². The van der Waals surface area contributed by atoms with E-state index in [9.17, 15) is 4.39 Å². The summed E-state index contributed by atoms with van der Waals surface area (Å²) in [4.78, 5) is 8.71. The van der Waals surface area contributed by atoms with E-state index in [-0.39, 0.29) is 5.82 Å². The van der Waals surface area contributed by atoms with Crippen LogP contribution in [0.2, 0.25) is 0 Å². The third-order valence-corrected chi connectivity index (χ3v) is 3.43. The first-order valence-electron chi connectivity index (χ1n) is 6.24. The minimum atomic E-state index is -0.268. The summed E-state index contributed by atoms with van der Waals surface area (Å²) < 4.78 is 12.8. The molecule has 2 heterocycles. The maximum atomic E-state index is 12.8. The van der Waals surface area contributed by atoms with Crippen molar-refractivity contribution in [1.29, 1.82) is 0 Å². The SMILES string of the molecule is CCN(C)C[C@@H]1CCN(c2ccc(F)cn2)C1. The summed E-state index contributed by atoms with van der Waals surface area (Å²) in [6.07, 6.45) is 2.49. The van der Waals surface area contributed by atoms with Gasteiger partial charge in [-0.3, -0.25) is 0 Å². The quantitative estimate of drug-likeness (QED) is 0.798. The molecular weight excluding hydrogens is 217 g/mol. The van der Waals surface area contributed by atoms with Gasteiger partial charge in [-0.25, -0.2) is 9.37 Å². The molecule has 0 saturated carbocycles. The molecule has 0 radical (unpaired) electrons. The van der Waals surface area contributed by atoms with Crippen LogP contribution in [-0.2, 0) is 0 Å². The second-order valence-corrected chi connectivity index (χ2v) is 4.79. The van der Waals surface area contributed by atoms with Crippen molar-refractivity contribution in [2.24, 2.45) is 5.92 Å². The number of aromatic nitrogens is 1. The van der Waals surface area contributed by atoms with E-state index >= 15 is 0 Å². The predicted octanol–water partition coefficient (Wildman–Crippen LogP) is 2.00. The first-order chi connectivity index (χ1) is 8.19. The average molecular weight is 237 g/mol. The van der Waals surface area contributed by atoms with Gasteiger partial charge >= 0.3 is 0 Å². The van der Waals surface area contributed by atoms with Gasteiger partial charge in [0.15, 0.2) is 0 Å². The second-order valence-electron chi connectivity index (χ2n) is 4.79. The van der Waals surface area contributed by atoms with E-state index in [4.69, 9.17) is 0 Å². The summed E-state index contributed by atoms with van der Waals surface area (Å²) in [7, 11) is 2.15. The van der Waals surface area contributed by atoms with Crippen molar-refractivity contribution in [2.45, 2.75) is 13.3 Å². The van der Waals surface area contributed by atoms with Crippen LogP contribution in [0.25, 0.3) is 0 Å². The molecule has 1 fully saturated rings. The van der Waals surface area contributed by atoms with E-state index in [1.807, 2.05) is 0 Å². The Morgan fingerprint density at radius 2 is 2.35 bits per heavy atom. The number of pyridine rings is 1. The van der Waals surface area contributed by atoms with Gasteiger partial charge in [0.1, 0.15) is 11.6 Å². The van der Waals surface area contributed by atoms with Crippen LogP contribution < -0.4 is 4.90 Å². The maximum Gasteiger partial charge on any atom is 0.141 e. The van der Waals surface area contributed by atoms with Crippen molar-refractivity contribution in [3.8, 4) is 0 Å². The van der Waals surface area contributed by atoms with E-state index in [0.717, 1.165) is 32.0 Å². The van der Waals surface area contributed by atoms with E-state index in [2.05, 4.69) is 28.8 Å². The summed E-state index contributed by atoms with van der Waals surface area (Å²) in [6.45, 7) is 6.46. The van der Waals surface area contributed by atoms with Crippen molar-refractivity contribution < 1.29 is 4.39 Å². The summed E-state index contributed by atoms with van der Waals surface area (Å²) >= 11 is 0. The van der Waals surface area contributed by atoms with Crippen LogP contribution in [0.5, 0.6) is 0 Å². The Hall–Kier alpha value is -1.16. The van der Waals surface area contributed by atoms with Crippen molar-refractivity contribution in [3.05, 3.63) is 24.1 Å². The van der Waals surface area contributed by atoms with Crippen LogP contribution in [0.4, 0.5) is 10.2 Å². The lowest BCUT2D eigenvalue weighted by atomic mass is 10.1. The molecule has 1 atom stereocenters. The van der Waals surface area contributed by atoms with Crippen LogP contribution >= 0.6 is 0 Å². The fourth-order valence-corrected chi connectivity index (χ4v) is 2.31. The van der Waals surface area contributed by atoms with Gasteiger partial charge in [0.2, 0.25) is 0 Å². The van der Waals surface area contributed by atoms with Crippen LogP contribution in [0.3, 0.4) is 0 Å². The number of nitrogens with zero attached hydrogens (tertiary/aromatic N) is 3. The molecular formula is C13H20FN3. The monoisotopic (exact) mass is 237 g/mol. The topological polar surface area (TPSA) is 19.4 Å². The lowest BCUT2D eigenvalue weighted by Crippen LogP contribution is -2.28. The van der Waals surface area contributed by atoms with Gasteiger partial charge in [0, 0.05) is 19.6 Å². The van der Waals surface area contributed by atoms with Gasteiger partial charge in [-0.15, -0.1) is 0 Å². The molecule has 3 nitrogen and oxygen atoms in total. The normalized spacial score (nSPS) is 20.2. The average Bonchev–Trinajstić information content (AvgIpc) is 2.78. The van der Waals surface area contributed by atoms with Crippen molar-refractivity contribution in [1.82, 2.24) is 9.88 Å². The van der Waals surface area contributed by atoms with Crippen LogP contribution in [0, 0.1) is 11.7 Å². The molecule has 17 heavy (non-hydrogen) atoms. The Bertz CT molecular complexity index is 352. The van der Waals surface area contributed by atoms with Crippen LogP contribution in [-0.4, -0.2) is 43.1 Å². The van der Waals surface area contributed by atoms with Gasteiger partial charge in [-0.05, 0) is 38.1 Å². The lowest BCUT2D eigenvalue weighted by Gasteiger charge is -2.20. The molecule has 0 bridgehead atoms. The first kappa shape index (κ1) is 12.3. The second kappa shape index (κ2) is 5.45. The Kier molecular flexibility index (Phi) is 3.94. The molecule has 2 rings (SSSR count). The van der Waals surface area contributed by atoms with Gasteiger partial charge in [-0.2, -0.15) is 0 Å². The van der Waals surface area contributed by atoms with E-state index in [1.165, 1.54) is 18.7 Å². The Morgan fingerprint density at radius 3 is 3.00 bits per heavy atom. The lowest BCUT2D eigenvalue weighted by molar-refractivity contribution is 0.300. The molecule has 94 valence electrons. The highest BCUT2D eigenvalue weighted by Gasteiger charge is 2.23. The van der Waals surface area contributed by atoms with Crippen molar-refractivity contribution in [2.75, 3.05) is 38.1 Å². The highest BCUT2D eigenvalue weighted by Crippen LogP contribution is 2.22. The molecule has 1 saturated heterocycles. The number of halogens is 1. The van der Waals surface area contributed by atoms with Gasteiger partial charge in [0.25, 0.3) is 0 Å². The molecule has 4 heteroatoms. The molecule has 0 spiro atoms. The summed E-state index contributed by atoms with van der Waals surface area (Å²) in [5.41, 5.74) is 0. The number of hydrogen-bond donors (Lipinski definition) is 0. The third-order valence-electron chi connectivity index (χ3n) is 3.43. The number of hydrogen-bond acceptors (Lipinski definition) is 3. The van der Waals surface area contributed by atoms with Gasteiger partial charge in [-0.1, -0.05) is 6.92 Å². The molecule has 0 aliphatic carbocycles. The highest BCUT2D eigenvalue weighted by molar-refractivity contribution is 5.39. The molecule has 1 aromatic rings. The molecule has 0 amide bonds. The largest absolute Gasteiger partial charge is 0.356 e. The fourth-order valence-electron chi connectivity index (χ4n) is 2.31. The Balaban J connectivity index is 1.91. The molecule has 1 aliphatic rings. The predicted molar refractivity (Wildman–Crippen MR) is 67.7 cm³/mol. The number of rotatable bonds is 4.